The van der Waals surface area contributed by atoms with Crippen molar-refractivity contribution in [2.24, 2.45) is 17.8 Å². The number of likely N-dealkylation sites (tertiary alicyclic amines) is 1. The first-order chi connectivity index (χ1) is 27.5. The van der Waals surface area contributed by atoms with Crippen molar-refractivity contribution in [3.05, 3.63) is 161 Å². The number of nitrogens with zero attached hydrogens (tertiary/aromatic N) is 2. The molecule has 4 atom stereocenters. The Bertz CT molecular complexity index is 2060. The van der Waals surface area contributed by atoms with Gasteiger partial charge in [0, 0.05) is 24.7 Å². The quantitative estimate of drug-likeness (QED) is 0.0995. The van der Waals surface area contributed by atoms with Crippen LogP contribution in [0.25, 0.3) is 10.9 Å². The van der Waals surface area contributed by atoms with Crippen LogP contribution in [-0.4, -0.2) is 35.2 Å². The standard InChI is InChI=1S/C49H54N2O5/c1-4-40-31-51(25-23-41(40)26-35(2)48(52)43-22-24-50-45-21-20-42(53-3)29-44(43)45)30-39-27-46(54-32-36-14-8-5-9-15-36)49(56-34-38-18-12-7-13-19-38)47(28-39)55-33-37-16-10-6-11-17-37/h5-22,24,27-29,35,40-41,48,52H,4,23,25-26,30-34H2,1-3H3/t35?,40?,41?,48-/m0/s1. The molecule has 7 rings (SSSR count). The van der Waals surface area contributed by atoms with E-state index < -0.39 is 6.10 Å². The van der Waals surface area contributed by atoms with E-state index in [1.807, 2.05) is 78.9 Å². The molecule has 1 aliphatic rings. The van der Waals surface area contributed by atoms with E-state index in [0.29, 0.717) is 48.9 Å². The highest BCUT2D eigenvalue weighted by Crippen LogP contribution is 2.42. The molecule has 0 saturated carbocycles. The molecule has 5 aromatic carbocycles. The molecule has 0 aliphatic carbocycles. The van der Waals surface area contributed by atoms with E-state index in [4.69, 9.17) is 18.9 Å². The van der Waals surface area contributed by atoms with Crippen LogP contribution < -0.4 is 18.9 Å². The predicted octanol–water partition coefficient (Wildman–Crippen LogP) is 10.6. The molecule has 56 heavy (non-hydrogen) atoms. The van der Waals surface area contributed by atoms with Crippen molar-refractivity contribution in [3.8, 4) is 23.0 Å². The van der Waals surface area contributed by atoms with Gasteiger partial charge < -0.3 is 24.1 Å². The molecule has 290 valence electrons. The highest BCUT2D eigenvalue weighted by atomic mass is 16.5. The Kier molecular flexibility index (Phi) is 13.2. The zero-order chi connectivity index (χ0) is 38.7. The lowest BCUT2D eigenvalue weighted by Gasteiger charge is -2.40. The van der Waals surface area contributed by atoms with Crippen LogP contribution in [0.1, 0.15) is 67.0 Å². The van der Waals surface area contributed by atoms with Gasteiger partial charge in [-0.05, 0) is 101 Å². The van der Waals surface area contributed by atoms with E-state index in [0.717, 1.165) is 83.4 Å². The Morgan fingerprint density at radius 3 is 1.88 bits per heavy atom. The van der Waals surface area contributed by atoms with Crippen LogP contribution in [0.4, 0.5) is 0 Å². The van der Waals surface area contributed by atoms with Gasteiger partial charge in [-0.3, -0.25) is 9.88 Å². The molecule has 7 heteroatoms. The fourth-order valence-corrected chi connectivity index (χ4v) is 8.05. The van der Waals surface area contributed by atoms with Crippen molar-refractivity contribution in [1.82, 2.24) is 9.88 Å². The van der Waals surface area contributed by atoms with Gasteiger partial charge >= 0.3 is 0 Å². The Hall–Kier alpha value is -5.37. The minimum absolute atomic E-state index is 0.0921. The van der Waals surface area contributed by atoms with E-state index in [9.17, 15) is 5.11 Å². The molecule has 1 aliphatic heterocycles. The summed E-state index contributed by atoms with van der Waals surface area (Å²) in [4.78, 5) is 7.10. The van der Waals surface area contributed by atoms with Crippen LogP contribution in [0.5, 0.6) is 23.0 Å². The van der Waals surface area contributed by atoms with Crippen LogP contribution >= 0.6 is 0 Å². The molecule has 0 spiro atoms. The normalized spacial score (nSPS) is 16.9. The third kappa shape index (κ3) is 9.89. The number of aliphatic hydroxyl groups is 1. The zero-order valence-electron chi connectivity index (χ0n) is 32.8. The molecule has 1 saturated heterocycles. The summed E-state index contributed by atoms with van der Waals surface area (Å²) in [6.07, 6.45) is 4.33. The lowest BCUT2D eigenvalue weighted by molar-refractivity contribution is 0.0584. The molecule has 0 radical (unpaired) electrons. The summed E-state index contributed by atoms with van der Waals surface area (Å²) in [5.74, 6) is 3.87. The summed E-state index contributed by atoms with van der Waals surface area (Å²) in [5.41, 5.74) is 6.15. The Balaban J connectivity index is 1.09. The number of benzene rings is 5. The fraction of sp³-hybridized carbons (Fsp3) is 0.327. The maximum atomic E-state index is 11.7. The molecular formula is C49H54N2O5. The highest BCUT2D eigenvalue weighted by molar-refractivity contribution is 5.83. The van der Waals surface area contributed by atoms with Gasteiger partial charge in [-0.15, -0.1) is 0 Å². The van der Waals surface area contributed by atoms with Gasteiger partial charge in [0.15, 0.2) is 11.5 Å². The summed E-state index contributed by atoms with van der Waals surface area (Å²) < 4.78 is 25.2. The van der Waals surface area contributed by atoms with Crippen molar-refractivity contribution in [2.45, 2.75) is 65.6 Å². The molecule has 0 amide bonds. The summed E-state index contributed by atoms with van der Waals surface area (Å²) in [5, 5.41) is 12.6. The maximum Gasteiger partial charge on any atom is 0.203 e. The Morgan fingerprint density at radius 2 is 1.30 bits per heavy atom. The second-order valence-electron chi connectivity index (χ2n) is 15.1. The molecule has 1 N–H and O–H groups in total. The molecule has 1 fully saturated rings. The van der Waals surface area contributed by atoms with Crippen LogP contribution in [-0.2, 0) is 26.4 Å². The molecule has 2 heterocycles. The van der Waals surface area contributed by atoms with Crippen molar-refractivity contribution in [3.63, 3.8) is 0 Å². The number of hydrogen-bond acceptors (Lipinski definition) is 7. The average molecular weight is 751 g/mol. The lowest BCUT2D eigenvalue weighted by atomic mass is 9.76. The molecular weight excluding hydrogens is 697 g/mol. The van der Waals surface area contributed by atoms with E-state index in [1.54, 1.807) is 13.3 Å². The number of aliphatic hydroxyl groups excluding tert-OH is 1. The minimum atomic E-state index is -0.589. The van der Waals surface area contributed by atoms with Gasteiger partial charge in [0.25, 0.3) is 0 Å². The smallest absolute Gasteiger partial charge is 0.203 e. The fourth-order valence-electron chi connectivity index (χ4n) is 8.05. The van der Waals surface area contributed by atoms with Crippen molar-refractivity contribution in [1.29, 1.82) is 0 Å². The first-order valence-electron chi connectivity index (χ1n) is 20.0. The topological polar surface area (TPSA) is 73.3 Å². The number of hydrogen-bond donors (Lipinski definition) is 1. The van der Waals surface area contributed by atoms with Crippen molar-refractivity contribution in [2.75, 3.05) is 20.2 Å². The summed E-state index contributed by atoms with van der Waals surface area (Å²) in [6.45, 7) is 8.46. The second kappa shape index (κ2) is 19.0. The van der Waals surface area contributed by atoms with Crippen molar-refractivity contribution < 1.29 is 24.1 Å². The van der Waals surface area contributed by atoms with Gasteiger partial charge in [-0.1, -0.05) is 111 Å². The van der Waals surface area contributed by atoms with Gasteiger partial charge in [-0.25, -0.2) is 0 Å². The number of piperidine rings is 1. The Morgan fingerprint density at radius 1 is 0.714 bits per heavy atom. The summed E-state index contributed by atoms with van der Waals surface area (Å²) in [7, 11) is 1.67. The van der Waals surface area contributed by atoms with Crippen LogP contribution in [0.3, 0.4) is 0 Å². The van der Waals surface area contributed by atoms with Gasteiger partial charge in [0.05, 0.1) is 18.7 Å². The van der Waals surface area contributed by atoms with Crippen LogP contribution in [0.2, 0.25) is 0 Å². The Labute approximate surface area is 331 Å². The monoisotopic (exact) mass is 750 g/mol. The van der Waals surface area contributed by atoms with E-state index >= 15 is 0 Å². The largest absolute Gasteiger partial charge is 0.497 e. The number of aromatic nitrogens is 1. The zero-order valence-corrected chi connectivity index (χ0v) is 32.8. The third-order valence-corrected chi connectivity index (χ3v) is 11.2. The second-order valence-corrected chi connectivity index (χ2v) is 15.1. The van der Waals surface area contributed by atoms with Gasteiger partial charge in [0.2, 0.25) is 5.75 Å². The first-order valence-corrected chi connectivity index (χ1v) is 20.0. The maximum absolute atomic E-state index is 11.7. The third-order valence-electron chi connectivity index (χ3n) is 11.2. The number of ether oxygens (including phenoxy) is 4. The summed E-state index contributed by atoms with van der Waals surface area (Å²) >= 11 is 0. The number of pyridine rings is 1. The predicted molar refractivity (Wildman–Crippen MR) is 223 cm³/mol. The number of fused-ring (bicyclic) bond motifs is 1. The van der Waals surface area contributed by atoms with Crippen LogP contribution in [0.15, 0.2) is 134 Å². The average Bonchev–Trinajstić information content (AvgIpc) is 3.25. The van der Waals surface area contributed by atoms with Crippen molar-refractivity contribution >= 4 is 10.9 Å². The molecule has 3 unspecified atom stereocenters. The molecule has 7 nitrogen and oxygen atoms in total. The van der Waals surface area contributed by atoms with E-state index in [2.05, 4.69) is 72.3 Å². The van der Waals surface area contributed by atoms with E-state index in [1.165, 1.54) is 0 Å². The highest BCUT2D eigenvalue weighted by Gasteiger charge is 2.32. The number of rotatable bonds is 17. The van der Waals surface area contributed by atoms with Crippen LogP contribution in [0, 0.1) is 17.8 Å². The lowest BCUT2D eigenvalue weighted by Crippen LogP contribution is -2.40. The SMILES string of the molecule is CCC1CN(Cc2cc(OCc3ccccc3)c(OCc3ccccc3)c(OCc3ccccc3)c2)CCC1CC(C)[C@H](O)c1ccnc2ccc(OC)cc12. The van der Waals surface area contributed by atoms with Gasteiger partial charge in [0.1, 0.15) is 25.6 Å². The number of methoxy groups -OCH3 is 1. The summed E-state index contributed by atoms with van der Waals surface area (Å²) in [6, 6.07) is 42.8. The van der Waals surface area contributed by atoms with Gasteiger partial charge in [-0.2, -0.15) is 0 Å². The molecule has 1 aromatic heterocycles. The van der Waals surface area contributed by atoms with E-state index in [-0.39, 0.29) is 5.92 Å². The first kappa shape index (κ1) is 38.9. The molecule has 6 aromatic rings. The minimum Gasteiger partial charge on any atom is -0.497 e. The molecule has 0 bridgehead atoms.